The summed E-state index contributed by atoms with van der Waals surface area (Å²) in [6.45, 7) is 3.12. The molecule has 1 aliphatic heterocycles. The van der Waals surface area contributed by atoms with Crippen LogP contribution in [0.15, 0.2) is 23.8 Å². The van der Waals surface area contributed by atoms with E-state index in [2.05, 4.69) is 30.2 Å². The Labute approximate surface area is 86.2 Å². The summed E-state index contributed by atoms with van der Waals surface area (Å²) in [6, 6.07) is 0. The first-order valence-electron chi connectivity index (χ1n) is 5.49. The van der Waals surface area contributed by atoms with Crippen molar-refractivity contribution >= 4 is 0 Å². The maximum Gasteiger partial charge on any atom is 0.0718 e. The van der Waals surface area contributed by atoms with Crippen LogP contribution in [-0.2, 0) is 4.74 Å². The molecule has 2 nitrogen and oxygen atoms in total. The molecule has 0 aromatic heterocycles. The average molecular weight is 193 g/mol. The van der Waals surface area contributed by atoms with Crippen molar-refractivity contribution in [1.82, 2.24) is 4.90 Å². The van der Waals surface area contributed by atoms with Crippen LogP contribution in [0.3, 0.4) is 0 Å². The van der Waals surface area contributed by atoms with E-state index in [1.165, 1.54) is 31.4 Å². The molecule has 0 amide bonds. The van der Waals surface area contributed by atoms with E-state index >= 15 is 0 Å². The summed E-state index contributed by atoms with van der Waals surface area (Å²) in [4.78, 5) is 2.33. The Morgan fingerprint density at radius 3 is 3.14 bits per heavy atom. The van der Waals surface area contributed by atoms with Gasteiger partial charge < -0.3 is 9.64 Å². The van der Waals surface area contributed by atoms with Gasteiger partial charge in [0.1, 0.15) is 0 Å². The second-order valence-corrected chi connectivity index (χ2v) is 4.28. The lowest BCUT2D eigenvalue weighted by Crippen LogP contribution is -2.20. The van der Waals surface area contributed by atoms with E-state index in [0.717, 1.165) is 13.2 Å². The minimum atomic E-state index is 0.465. The van der Waals surface area contributed by atoms with Crippen LogP contribution in [0.4, 0.5) is 0 Å². The van der Waals surface area contributed by atoms with Gasteiger partial charge in [0.15, 0.2) is 0 Å². The highest BCUT2D eigenvalue weighted by molar-refractivity contribution is 5.17. The molecule has 1 heterocycles. The molecular weight excluding hydrogens is 174 g/mol. The van der Waals surface area contributed by atoms with E-state index in [1.54, 1.807) is 0 Å². The number of hydrogen-bond donors (Lipinski definition) is 0. The number of ether oxygens (including phenoxy) is 1. The van der Waals surface area contributed by atoms with Crippen LogP contribution >= 0.6 is 0 Å². The summed E-state index contributed by atoms with van der Waals surface area (Å²) in [7, 11) is 2.16. The third kappa shape index (κ3) is 2.69. The first-order valence-corrected chi connectivity index (χ1v) is 5.49. The lowest BCUT2D eigenvalue weighted by molar-refractivity contribution is 0.0763. The summed E-state index contributed by atoms with van der Waals surface area (Å²) >= 11 is 0. The van der Waals surface area contributed by atoms with E-state index in [9.17, 15) is 0 Å². The fraction of sp³-hybridized carbons (Fsp3) is 0.667. The van der Waals surface area contributed by atoms with Crippen LogP contribution in [-0.4, -0.2) is 37.7 Å². The van der Waals surface area contributed by atoms with Crippen molar-refractivity contribution in [1.29, 1.82) is 0 Å². The second-order valence-electron chi connectivity index (χ2n) is 4.28. The molecule has 1 fully saturated rings. The van der Waals surface area contributed by atoms with Crippen LogP contribution in [0.25, 0.3) is 0 Å². The highest BCUT2D eigenvalue weighted by Crippen LogP contribution is 2.15. The minimum absolute atomic E-state index is 0.465. The van der Waals surface area contributed by atoms with Crippen LogP contribution in [0.2, 0.25) is 0 Å². The highest BCUT2D eigenvalue weighted by atomic mass is 16.5. The fourth-order valence-electron chi connectivity index (χ4n) is 2.03. The molecule has 1 saturated heterocycles. The van der Waals surface area contributed by atoms with Gasteiger partial charge in [-0.3, -0.25) is 0 Å². The Balaban J connectivity index is 1.71. The summed E-state index contributed by atoms with van der Waals surface area (Å²) in [5, 5.41) is 0. The summed E-state index contributed by atoms with van der Waals surface area (Å²) < 4.78 is 5.87. The first-order chi connectivity index (χ1) is 6.84. The first kappa shape index (κ1) is 9.94. The van der Waals surface area contributed by atoms with Gasteiger partial charge in [-0.2, -0.15) is 0 Å². The Morgan fingerprint density at radius 2 is 2.50 bits per heavy atom. The van der Waals surface area contributed by atoms with Crippen LogP contribution in [0.1, 0.15) is 19.3 Å². The van der Waals surface area contributed by atoms with E-state index < -0.39 is 0 Å². The highest BCUT2D eigenvalue weighted by Gasteiger charge is 2.19. The van der Waals surface area contributed by atoms with Gasteiger partial charge in [-0.15, -0.1) is 0 Å². The standard InChI is InChI=1S/C12H19NO/c1-13-8-7-12(9-13)14-10-11-5-3-2-4-6-11/h2-3,5,12H,4,6-10H2,1H3. The van der Waals surface area contributed by atoms with Crippen molar-refractivity contribution in [3.05, 3.63) is 23.8 Å². The quantitative estimate of drug-likeness (QED) is 0.679. The number of likely N-dealkylation sites (tertiary alicyclic amines) is 1. The molecule has 14 heavy (non-hydrogen) atoms. The molecule has 2 heteroatoms. The molecule has 0 N–H and O–H groups in total. The van der Waals surface area contributed by atoms with Gasteiger partial charge in [-0.1, -0.05) is 18.2 Å². The largest absolute Gasteiger partial charge is 0.372 e. The van der Waals surface area contributed by atoms with Crippen molar-refractivity contribution in [2.24, 2.45) is 0 Å². The lowest BCUT2D eigenvalue weighted by Gasteiger charge is -2.14. The SMILES string of the molecule is CN1CCC(OCC2=CC=CCC2)C1. The molecule has 0 saturated carbocycles. The van der Waals surface area contributed by atoms with E-state index in [1.807, 2.05) is 0 Å². The minimum Gasteiger partial charge on any atom is -0.372 e. The third-order valence-electron chi connectivity index (χ3n) is 2.95. The van der Waals surface area contributed by atoms with Gasteiger partial charge in [0.2, 0.25) is 0 Å². The van der Waals surface area contributed by atoms with Crippen molar-refractivity contribution < 1.29 is 4.74 Å². The van der Waals surface area contributed by atoms with E-state index in [-0.39, 0.29) is 0 Å². The van der Waals surface area contributed by atoms with Crippen LogP contribution in [0, 0.1) is 0 Å². The Kier molecular flexibility index (Phi) is 3.38. The smallest absolute Gasteiger partial charge is 0.0718 e. The van der Waals surface area contributed by atoms with Gasteiger partial charge >= 0.3 is 0 Å². The topological polar surface area (TPSA) is 12.5 Å². The molecule has 0 spiro atoms. The predicted molar refractivity (Wildman–Crippen MR) is 58.3 cm³/mol. The maximum atomic E-state index is 5.87. The second kappa shape index (κ2) is 4.76. The molecule has 2 aliphatic rings. The zero-order valence-corrected chi connectivity index (χ0v) is 8.91. The van der Waals surface area contributed by atoms with Crippen molar-refractivity contribution in [3.63, 3.8) is 0 Å². The summed E-state index contributed by atoms with van der Waals surface area (Å²) in [5.74, 6) is 0. The Bertz CT molecular complexity index is 245. The summed E-state index contributed by atoms with van der Waals surface area (Å²) in [5.41, 5.74) is 1.45. The van der Waals surface area contributed by atoms with Gasteiger partial charge in [-0.25, -0.2) is 0 Å². The van der Waals surface area contributed by atoms with Crippen LogP contribution in [0.5, 0.6) is 0 Å². The summed E-state index contributed by atoms with van der Waals surface area (Å²) in [6.07, 6.45) is 10.6. The molecule has 0 bridgehead atoms. The normalized spacial score (nSPS) is 28.1. The molecule has 0 aromatic carbocycles. The average Bonchev–Trinajstić information content (AvgIpc) is 2.63. The lowest BCUT2D eigenvalue weighted by atomic mass is 10.1. The van der Waals surface area contributed by atoms with Gasteiger partial charge in [0.25, 0.3) is 0 Å². The molecule has 1 unspecified atom stereocenters. The number of rotatable bonds is 3. The molecular formula is C12H19NO. The predicted octanol–water partition coefficient (Wildman–Crippen LogP) is 1.98. The van der Waals surface area contributed by atoms with Gasteiger partial charge in [0.05, 0.1) is 12.7 Å². The van der Waals surface area contributed by atoms with E-state index in [0.29, 0.717) is 6.10 Å². The molecule has 1 atom stereocenters. The van der Waals surface area contributed by atoms with E-state index in [4.69, 9.17) is 4.74 Å². The van der Waals surface area contributed by atoms with Crippen molar-refractivity contribution in [2.75, 3.05) is 26.7 Å². The number of likely N-dealkylation sites (N-methyl/N-ethyl adjacent to an activating group) is 1. The van der Waals surface area contributed by atoms with Crippen molar-refractivity contribution in [3.8, 4) is 0 Å². The molecule has 1 aliphatic carbocycles. The monoisotopic (exact) mass is 193 g/mol. The third-order valence-corrected chi connectivity index (χ3v) is 2.95. The zero-order chi connectivity index (χ0) is 9.80. The number of nitrogens with zero attached hydrogens (tertiary/aromatic N) is 1. The van der Waals surface area contributed by atoms with Crippen LogP contribution < -0.4 is 0 Å². The molecule has 2 rings (SSSR count). The fourth-order valence-corrected chi connectivity index (χ4v) is 2.03. The molecule has 0 radical (unpaired) electrons. The van der Waals surface area contributed by atoms with Crippen molar-refractivity contribution in [2.45, 2.75) is 25.4 Å². The Morgan fingerprint density at radius 1 is 1.57 bits per heavy atom. The maximum absolute atomic E-state index is 5.87. The van der Waals surface area contributed by atoms with Gasteiger partial charge in [0, 0.05) is 13.1 Å². The van der Waals surface area contributed by atoms with Gasteiger partial charge in [-0.05, 0) is 31.9 Å². The molecule has 0 aromatic rings. The zero-order valence-electron chi connectivity index (χ0n) is 8.91. The molecule has 78 valence electrons. The Hall–Kier alpha value is -0.600. The number of allylic oxidation sites excluding steroid dienone is 3. The number of hydrogen-bond acceptors (Lipinski definition) is 2.